The molecule has 4 aromatic rings. The number of hydrogen-bond acceptors (Lipinski definition) is 6. The first-order valence-corrected chi connectivity index (χ1v) is 10.7. The lowest BCUT2D eigenvalue weighted by Gasteiger charge is -2.08. The predicted octanol–water partition coefficient (Wildman–Crippen LogP) is 4.80. The smallest absolute Gasteiger partial charge is 0.244 e. The largest absolute Gasteiger partial charge is 0.487 e. The number of fused-ring (bicyclic) bond motifs is 1. The van der Waals surface area contributed by atoms with E-state index in [0.717, 1.165) is 26.9 Å². The summed E-state index contributed by atoms with van der Waals surface area (Å²) in [7, 11) is 0. The van der Waals surface area contributed by atoms with E-state index in [1.165, 1.54) is 17.6 Å². The number of aromatic nitrogens is 1. The molecule has 156 valence electrons. The van der Waals surface area contributed by atoms with Crippen LogP contribution in [0.4, 0.5) is 5.13 Å². The SMILES string of the molecule is Nc1nc2ccc(CC(=O)N/N=C\c3ccc(OCc4ccccc4)c(Cl)c3)cc2s1. The van der Waals surface area contributed by atoms with Gasteiger partial charge in [-0.1, -0.05) is 59.3 Å². The molecule has 0 atom stereocenters. The average molecular weight is 451 g/mol. The van der Waals surface area contributed by atoms with Gasteiger partial charge in [-0.3, -0.25) is 4.79 Å². The Morgan fingerprint density at radius 2 is 1.97 bits per heavy atom. The highest BCUT2D eigenvalue weighted by Crippen LogP contribution is 2.26. The number of nitrogen functional groups attached to an aromatic ring is 1. The minimum atomic E-state index is -0.220. The molecule has 1 heterocycles. The van der Waals surface area contributed by atoms with Gasteiger partial charge in [0, 0.05) is 0 Å². The van der Waals surface area contributed by atoms with Gasteiger partial charge in [-0.05, 0) is 47.0 Å². The van der Waals surface area contributed by atoms with Crippen LogP contribution < -0.4 is 15.9 Å². The number of nitrogens with two attached hydrogens (primary N) is 1. The number of rotatable bonds is 7. The molecule has 0 bridgehead atoms. The van der Waals surface area contributed by atoms with Crippen LogP contribution in [0.3, 0.4) is 0 Å². The third kappa shape index (κ3) is 5.59. The molecule has 4 rings (SSSR count). The molecule has 0 saturated carbocycles. The van der Waals surface area contributed by atoms with Gasteiger partial charge in [-0.15, -0.1) is 0 Å². The van der Waals surface area contributed by atoms with E-state index in [1.807, 2.05) is 54.6 Å². The summed E-state index contributed by atoms with van der Waals surface area (Å²) in [4.78, 5) is 16.4. The molecule has 0 radical (unpaired) electrons. The fraction of sp³-hybridized carbons (Fsp3) is 0.0870. The number of halogens is 1. The van der Waals surface area contributed by atoms with E-state index >= 15 is 0 Å². The number of hydrazone groups is 1. The fourth-order valence-electron chi connectivity index (χ4n) is 2.95. The van der Waals surface area contributed by atoms with Crippen molar-refractivity contribution in [3.8, 4) is 5.75 Å². The van der Waals surface area contributed by atoms with Gasteiger partial charge in [-0.25, -0.2) is 10.4 Å². The van der Waals surface area contributed by atoms with Crippen LogP contribution in [0.25, 0.3) is 10.2 Å². The van der Waals surface area contributed by atoms with Crippen LogP contribution in [-0.4, -0.2) is 17.1 Å². The van der Waals surface area contributed by atoms with E-state index < -0.39 is 0 Å². The molecule has 8 heteroatoms. The van der Waals surface area contributed by atoms with Crippen molar-refractivity contribution in [2.45, 2.75) is 13.0 Å². The van der Waals surface area contributed by atoms with E-state index in [9.17, 15) is 4.79 Å². The second-order valence-corrected chi connectivity index (χ2v) is 8.26. The van der Waals surface area contributed by atoms with E-state index in [0.29, 0.717) is 22.5 Å². The molecule has 3 N–H and O–H groups in total. The van der Waals surface area contributed by atoms with Crippen molar-refractivity contribution in [3.05, 3.63) is 88.4 Å². The third-order valence-corrected chi connectivity index (χ3v) is 5.57. The van der Waals surface area contributed by atoms with Crippen molar-refractivity contribution in [1.29, 1.82) is 0 Å². The molecule has 3 aromatic carbocycles. The van der Waals surface area contributed by atoms with E-state index in [2.05, 4.69) is 15.5 Å². The van der Waals surface area contributed by atoms with Crippen LogP contribution in [0.5, 0.6) is 5.75 Å². The Bertz CT molecular complexity index is 1240. The van der Waals surface area contributed by atoms with Crippen molar-refractivity contribution >= 4 is 50.4 Å². The normalized spacial score (nSPS) is 11.1. The number of amides is 1. The third-order valence-electron chi connectivity index (χ3n) is 4.43. The number of carbonyl (C=O) groups is 1. The summed E-state index contributed by atoms with van der Waals surface area (Å²) in [5.41, 5.74) is 11.8. The summed E-state index contributed by atoms with van der Waals surface area (Å²) >= 11 is 7.70. The van der Waals surface area contributed by atoms with Crippen LogP contribution in [0, 0.1) is 0 Å². The maximum Gasteiger partial charge on any atom is 0.244 e. The van der Waals surface area contributed by atoms with Crippen LogP contribution >= 0.6 is 22.9 Å². The lowest BCUT2D eigenvalue weighted by molar-refractivity contribution is -0.120. The standard InChI is InChI=1S/C23H19ClN4O2S/c24-18-10-17(7-9-20(18)30-14-15-4-2-1-3-5-15)13-26-28-22(29)12-16-6-8-19-21(11-16)31-23(25)27-19/h1-11,13H,12,14H2,(H2,25,27)(H,28,29)/b26-13-. The van der Waals surface area contributed by atoms with Crippen molar-refractivity contribution in [2.75, 3.05) is 5.73 Å². The zero-order valence-electron chi connectivity index (χ0n) is 16.4. The van der Waals surface area contributed by atoms with Gasteiger partial charge >= 0.3 is 0 Å². The summed E-state index contributed by atoms with van der Waals surface area (Å²) in [5, 5.41) is 5.00. The Labute approximate surface area is 188 Å². The Balaban J connectivity index is 1.31. The summed E-state index contributed by atoms with van der Waals surface area (Å²) < 4.78 is 6.72. The molecular weight excluding hydrogens is 432 g/mol. The highest BCUT2D eigenvalue weighted by atomic mass is 35.5. The molecule has 6 nitrogen and oxygen atoms in total. The number of ether oxygens (including phenoxy) is 1. The lowest BCUT2D eigenvalue weighted by Crippen LogP contribution is -2.19. The summed E-state index contributed by atoms with van der Waals surface area (Å²) in [5.74, 6) is 0.368. The summed E-state index contributed by atoms with van der Waals surface area (Å²) in [6.07, 6.45) is 1.75. The number of carbonyl (C=O) groups excluding carboxylic acids is 1. The lowest BCUT2D eigenvalue weighted by atomic mass is 10.1. The first-order valence-electron chi connectivity index (χ1n) is 9.50. The monoisotopic (exact) mass is 450 g/mol. The van der Waals surface area contributed by atoms with Crippen molar-refractivity contribution in [2.24, 2.45) is 5.10 Å². The maximum absolute atomic E-state index is 12.2. The molecular formula is C23H19ClN4O2S. The molecule has 0 aliphatic rings. The molecule has 1 aromatic heterocycles. The molecule has 1 amide bonds. The number of nitrogens with zero attached hydrogens (tertiary/aromatic N) is 2. The number of thiazole rings is 1. The van der Waals surface area contributed by atoms with Gasteiger partial charge in [0.15, 0.2) is 5.13 Å². The van der Waals surface area contributed by atoms with Crippen LogP contribution in [0.15, 0.2) is 71.8 Å². The minimum absolute atomic E-state index is 0.206. The predicted molar refractivity (Wildman–Crippen MR) is 126 cm³/mol. The zero-order valence-corrected chi connectivity index (χ0v) is 18.0. The molecule has 0 fully saturated rings. The zero-order chi connectivity index (χ0) is 21.6. The Hall–Kier alpha value is -3.42. The molecule has 0 saturated heterocycles. The quantitative estimate of drug-likeness (QED) is 0.312. The molecule has 0 spiro atoms. The highest BCUT2D eigenvalue weighted by molar-refractivity contribution is 7.22. The van der Waals surface area contributed by atoms with Gasteiger partial charge in [0.25, 0.3) is 0 Å². The van der Waals surface area contributed by atoms with E-state index in [1.54, 1.807) is 12.1 Å². The first kappa shape index (κ1) is 20.8. The number of anilines is 1. The average Bonchev–Trinajstić information content (AvgIpc) is 3.13. The van der Waals surface area contributed by atoms with Crippen LogP contribution in [-0.2, 0) is 17.8 Å². The number of nitrogens with one attached hydrogen (secondary N) is 1. The van der Waals surface area contributed by atoms with Gasteiger partial charge in [0.1, 0.15) is 12.4 Å². The maximum atomic E-state index is 12.2. The van der Waals surface area contributed by atoms with Gasteiger partial charge in [0.05, 0.1) is 27.9 Å². The fourth-order valence-corrected chi connectivity index (χ4v) is 3.99. The molecule has 0 unspecified atom stereocenters. The van der Waals surface area contributed by atoms with Gasteiger partial charge < -0.3 is 10.5 Å². The molecule has 0 aliphatic carbocycles. The number of benzene rings is 3. The highest BCUT2D eigenvalue weighted by Gasteiger charge is 2.07. The second-order valence-electron chi connectivity index (χ2n) is 6.79. The van der Waals surface area contributed by atoms with Gasteiger partial charge in [0.2, 0.25) is 5.91 Å². The Morgan fingerprint density at radius 1 is 1.13 bits per heavy atom. The molecule has 31 heavy (non-hydrogen) atoms. The summed E-state index contributed by atoms with van der Waals surface area (Å²) in [6, 6.07) is 20.8. The topological polar surface area (TPSA) is 89.6 Å². The van der Waals surface area contributed by atoms with E-state index in [-0.39, 0.29) is 12.3 Å². The molecule has 0 aliphatic heterocycles. The minimum Gasteiger partial charge on any atom is -0.487 e. The van der Waals surface area contributed by atoms with Crippen molar-refractivity contribution in [1.82, 2.24) is 10.4 Å². The summed E-state index contributed by atoms with van der Waals surface area (Å²) in [6.45, 7) is 0.434. The van der Waals surface area contributed by atoms with Crippen LogP contribution in [0.1, 0.15) is 16.7 Å². The second kappa shape index (κ2) is 9.59. The van der Waals surface area contributed by atoms with Gasteiger partial charge in [-0.2, -0.15) is 5.10 Å². The van der Waals surface area contributed by atoms with Crippen molar-refractivity contribution < 1.29 is 9.53 Å². The van der Waals surface area contributed by atoms with Crippen molar-refractivity contribution in [3.63, 3.8) is 0 Å². The van der Waals surface area contributed by atoms with E-state index in [4.69, 9.17) is 22.1 Å². The Morgan fingerprint density at radius 3 is 2.77 bits per heavy atom. The number of hydrogen-bond donors (Lipinski definition) is 2. The Kier molecular flexibility index (Phi) is 6.45. The first-order chi connectivity index (χ1) is 15.1. The van der Waals surface area contributed by atoms with Crippen LogP contribution in [0.2, 0.25) is 5.02 Å².